The minimum Gasteiger partial charge on any atom is -0.508 e. The van der Waals surface area contributed by atoms with Crippen molar-refractivity contribution < 1.29 is 5.11 Å². The Hall–Kier alpha value is -3.60. The first-order valence-electron chi connectivity index (χ1n) is 10.4. The Kier molecular flexibility index (Phi) is 5.17. The van der Waals surface area contributed by atoms with Crippen molar-refractivity contribution in [2.24, 2.45) is 0 Å². The first-order chi connectivity index (χ1) is 15.6. The van der Waals surface area contributed by atoms with E-state index in [0.717, 1.165) is 54.1 Å². The number of nitrogens with zero attached hydrogens (tertiary/aromatic N) is 4. The number of H-pyrrole nitrogens is 1. The standard InChI is InChI=1S/C24H21ClN6O/c1-14-21-22(15-2-4-16(5-3-15)31-10-8-27-9-11-31)19(13-26)23(28-24(21)30-29-14)18-7-6-17(32)12-20(18)25/h2-7,12,27,32H,8-11H2,1H3,(H,28,29,30). The first-order valence-corrected chi connectivity index (χ1v) is 10.8. The summed E-state index contributed by atoms with van der Waals surface area (Å²) in [6, 6.07) is 15.3. The third-order valence-electron chi connectivity index (χ3n) is 5.85. The van der Waals surface area contributed by atoms with Crippen molar-refractivity contribution >= 4 is 28.3 Å². The molecule has 5 rings (SSSR count). The number of fused-ring (bicyclic) bond motifs is 1. The number of hydrogen-bond acceptors (Lipinski definition) is 6. The third-order valence-corrected chi connectivity index (χ3v) is 6.16. The minimum atomic E-state index is 0.0550. The number of aromatic nitrogens is 3. The van der Waals surface area contributed by atoms with Gasteiger partial charge in [-0.25, -0.2) is 4.98 Å². The van der Waals surface area contributed by atoms with Crippen LogP contribution in [0.25, 0.3) is 33.4 Å². The van der Waals surface area contributed by atoms with Gasteiger partial charge in [-0.1, -0.05) is 23.7 Å². The van der Waals surface area contributed by atoms with E-state index in [-0.39, 0.29) is 5.75 Å². The molecule has 1 aliphatic heterocycles. The van der Waals surface area contributed by atoms with E-state index >= 15 is 0 Å². The molecule has 1 aliphatic rings. The smallest absolute Gasteiger partial charge is 0.156 e. The van der Waals surface area contributed by atoms with Crippen LogP contribution in [0.15, 0.2) is 42.5 Å². The number of hydrogen-bond donors (Lipinski definition) is 3. The maximum atomic E-state index is 10.2. The lowest BCUT2D eigenvalue weighted by atomic mass is 9.93. The van der Waals surface area contributed by atoms with Crippen LogP contribution in [0, 0.1) is 18.3 Å². The number of nitriles is 1. The molecule has 0 amide bonds. The first kappa shape index (κ1) is 20.3. The van der Waals surface area contributed by atoms with Crippen molar-refractivity contribution in [3.05, 3.63) is 58.7 Å². The molecule has 0 aliphatic carbocycles. The predicted molar refractivity (Wildman–Crippen MR) is 126 cm³/mol. The fraction of sp³-hybridized carbons (Fsp3) is 0.208. The number of benzene rings is 2. The highest BCUT2D eigenvalue weighted by molar-refractivity contribution is 6.33. The van der Waals surface area contributed by atoms with Crippen LogP contribution in [0.1, 0.15) is 11.3 Å². The molecule has 3 heterocycles. The summed E-state index contributed by atoms with van der Waals surface area (Å²) in [5.41, 5.74) is 5.65. The Balaban J connectivity index is 1.71. The van der Waals surface area contributed by atoms with E-state index in [1.165, 1.54) is 12.1 Å². The largest absolute Gasteiger partial charge is 0.508 e. The molecule has 4 aromatic rings. The van der Waals surface area contributed by atoms with Crippen molar-refractivity contribution in [1.82, 2.24) is 20.5 Å². The number of aromatic hydroxyl groups is 1. The van der Waals surface area contributed by atoms with E-state index in [2.05, 4.69) is 43.6 Å². The van der Waals surface area contributed by atoms with Crippen molar-refractivity contribution in [3.63, 3.8) is 0 Å². The average Bonchev–Trinajstić information content (AvgIpc) is 3.19. The van der Waals surface area contributed by atoms with Gasteiger partial charge in [0.1, 0.15) is 11.8 Å². The van der Waals surface area contributed by atoms with Crippen molar-refractivity contribution in [1.29, 1.82) is 5.26 Å². The molecule has 8 heteroatoms. The van der Waals surface area contributed by atoms with E-state index in [4.69, 9.17) is 11.6 Å². The number of nitrogens with one attached hydrogen (secondary N) is 2. The quantitative estimate of drug-likeness (QED) is 0.437. The number of piperazine rings is 1. The van der Waals surface area contributed by atoms with Gasteiger partial charge < -0.3 is 15.3 Å². The number of pyridine rings is 1. The molecule has 3 N–H and O–H groups in total. The second-order valence-corrected chi connectivity index (χ2v) is 8.21. The highest BCUT2D eigenvalue weighted by Crippen LogP contribution is 2.40. The SMILES string of the molecule is Cc1n[nH]c2nc(-c3ccc(O)cc3Cl)c(C#N)c(-c3ccc(N4CCNCC4)cc3)c12. The molecule has 160 valence electrons. The molecule has 1 fully saturated rings. The average molecular weight is 445 g/mol. The van der Waals surface area contributed by atoms with Crippen LogP contribution in [-0.2, 0) is 0 Å². The van der Waals surface area contributed by atoms with E-state index in [1.54, 1.807) is 6.07 Å². The van der Waals surface area contributed by atoms with E-state index in [0.29, 0.717) is 27.5 Å². The number of phenolic OH excluding ortho intramolecular Hbond substituents is 1. The molecular weight excluding hydrogens is 424 g/mol. The van der Waals surface area contributed by atoms with Crippen molar-refractivity contribution in [2.45, 2.75) is 6.92 Å². The summed E-state index contributed by atoms with van der Waals surface area (Å²) in [4.78, 5) is 7.03. The summed E-state index contributed by atoms with van der Waals surface area (Å²) in [5, 5.41) is 31.8. The lowest BCUT2D eigenvalue weighted by Crippen LogP contribution is -2.43. The van der Waals surface area contributed by atoms with E-state index in [9.17, 15) is 10.4 Å². The Bertz CT molecular complexity index is 1350. The second-order valence-electron chi connectivity index (χ2n) is 7.80. The molecule has 0 spiro atoms. The van der Waals surface area contributed by atoms with Crippen LogP contribution in [0.3, 0.4) is 0 Å². The van der Waals surface area contributed by atoms with E-state index in [1.807, 2.05) is 19.1 Å². The molecule has 0 unspecified atom stereocenters. The summed E-state index contributed by atoms with van der Waals surface area (Å²) in [6.45, 7) is 5.76. The molecule has 32 heavy (non-hydrogen) atoms. The maximum absolute atomic E-state index is 10.2. The van der Waals surface area contributed by atoms with Gasteiger partial charge in [-0.3, -0.25) is 5.10 Å². The topological polar surface area (TPSA) is 101 Å². The van der Waals surface area contributed by atoms with Gasteiger partial charge in [-0.05, 0) is 42.8 Å². The van der Waals surface area contributed by atoms with Gasteiger partial charge in [0.2, 0.25) is 0 Å². The normalized spacial score (nSPS) is 14.0. The van der Waals surface area contributed by atoms with Crippen LogP contribution < -0.4 is 10.2 Å². The maximum Gasteiger partial charge on any atom is 0.156 e. The minimum absolute atomic E-state index is 0.0550. The van der Waals surface area contributed by atoms with Crippen LogP contribution in [-0.4, -0.2) is 46.5 Å². The molecule has 0 saturated carbocycles. The molecule has 0 bridgehead atoms. The van der Waals surface area contributed by atoms with Gasteiger partial charge in [-0.2, -0.15) is 10.4 Å². The number of phenols is 1. The lowest BCUT2D eigenvalue weighted by molar-refractivity contribution is 0.475. The number of anilines is 1. The predicted octanol–water partition coefficient (Wildman–Crippen LogP) is 4.24. The summed E-state index contributed by atoms with van der Waals surface area (Å²) in [7, 11) is 0. The van der Waals surface area contributed by atoms with Gasteiger partial charge in [0.05, 0.1) is 27.4 Å². The Morgan fingerprint density at radius 1 is 1.12 bits per heavy atom. The van der Waals surface area contributed by atoms with E-state index < -0.39 is 0 Å². The molecule has 2 aromatic carbocycles. The summed E-state index contributed by atoms with van der Waals surface area (Å²) < 4.78 is 0. The zero-order valence-corrected chi connectivity index (χ0v) is 18.2. The van der Waals surface area contributed by atoms with Crippen LogP contribution >= 0.6 is 11.6 Å². The number of aromatic amines is 1. The molecule has 0 atom stereocenters. The number of halogens is 1. The molecule has 2 aromatic heterocycles. The third kappa shape index (κ3) is 3.44. The Morgan fingerprint density at radius 2 is 1.88 bits per heavy atom. The highest BCUT2D eigenvalue weighted by Gasteiger charge is 2.22. The van der Waals surface area contributed by atoms with Gasteiger partial charge in [0.15, 0.2) is 5.65 Å². The molecular formula is C24H21ClN6O. The zero-order chi connectivity index (χ0) is 22.2. The molecule has 7 nitrogen and oxygen atoms in total. The Morgan fingerprint density at radius 3 is 2.56 bits per heavy atom. The van der Waals surface area contributed by atoms with Gasteiger partial charge >= 0.3 is 0 Å². The zero-order valence-electron chi connectivity index (χ0n) is 17.5. The lowest BCUT2D eigenvalue weighted by Gasteiger charge is -2.29. The highest BCUT2D eigenvalue weighted by atomic mass is 35.5. The summed E-state index contributed by atoms with van der Waals surface area (Å²) >= 11 is 6.41. The summed E-state index contributed by atoms with van der Waals surface area (Å²) in [6.07, 6.45) is 0. The summed E-state index contributed by atoms with van der Waals surface area (Å²) in [5.74, 6) is 0.0550. The monoisotopic (exact) mass is 444 g/mol. The van der Waals surface area contributed by atoms with Crippen molar-refractivity contribution in [2.75, 3.05) is 31.1 Å². The molecule has 1 saturated heterocycles. The van der Waals surface area contributed by atoms with Gasteiger partial charge in [0, 0.05) is 43.0 Å². The van der Waals surface area contributed by atoms with Crippen molar-refractivity contribution in [3.8, 4) is 34.2 Å². The van der Waals surface area contributed by atoms with Gasteiger partial charge in [0.25, 0.3) is 0 Å². The fourth-order valence-electron chi connectivity index (χ4n) is 4.26. The van der Waals surface area contributed by atoms with Gasteiger partial charge in [-0.15, -0.1) is 0 Å². The number of rotatable bonds is 3. The van der Waals surface area contributed by atoms with Crippen LogP contribution in [0.5, 0.6) is 5.75 Å². The fourth-order valence-corrected chi connectivity index (χ4v) is 4.53. The second kappa shape index (κ2) is 8.15. The number of aryl methyl sites for hydroxylation is 1. The van der Waals surface area contributed by atoms with Crippen LogP contribution in [0.4, 0.5) is 5.69 Å². The molecule has 0 radical (unpaired) electrons. The Labute approximate surface area is 190 Å². The van der Waals surface area contributed by atoms with Crippen LogP contribution in [0.2, 0.25) is 5.02 Å².